The van der Waals surface area contributed by atoms with Gasteiger partial charge in [0.25, 0.3) is 5.69 Å². The number of non-ortho nitro benzene ring substituents is 1. The number of nitrogens with zero attached hydrogens (tertiary/aromatic N) is 2. The molecule has 0 bridgehead atoms. The zero-order valence-electron chi connectivity index (χ0n) is 14.0. The Morgan fingerprint density at radius 1 is 1.27 bits per heavy atom. The third kappa shape index (κ3) is 3.63. The van der Waals surface area contributed by atoms with Gasteiger partial charge in [-0.15, -0.1) is 0 Å². The van der Waals surface area contributed by atoms with E-state index in [4.69, 9.17) is 0 Å². The largest absolute Gasteiger partial charge is 0.376 e. The van der Waals surface area contributed by atoms with Crippen LogP contribution < -0.4 is 5.32 Å². The lowest BCUT2D eigenvalue weighted by Gasteiger charge is -2.21. The number of hydrogen-bond acceptors (Lipinski definition) is 4. The van der Waals surface area contributed by atoms with Crippen LogP contribution in [-0.4, -0.2) is 22.3 Å². The van der Waals surface area contributed by atoms with E-state index in [1.54, 1.807) is 11.0 Å². The number of halogens is 2. The minimum atomic E-state index is -0.740. The van der Waals surface area contributed by atoms with Gasteiger partial charge in [0.05, 0.1) is 22.7 Å². The van der Waals surface area contributed by atoms with Crippen molar-refractivity contribution in [3.8, 4) is 0 Å². The van der Waals surface area contributed by atoms with Crippen LogP contribution in [0.2, 0.25) is 0 Å². The lowest BCUT2D eigenvalue weighted by atomic mass is 9.98. The van der Waals surface area contributed by atoms with E-state index in [1.807, 2.05) is 0 Å². The van der Waals surface area contributed by atoms with E-state index in [2.05, 4.69) is 5.32 Å². The second kappa shape index (κ2) is 7.07. The number of anilines is 1. The van der Waals surface area contributed by atoms with Crippen molar-refractivity contribution in [2.75, 3.05) is 11.9 Å². The van der Waals surface area contributed by atoms with Crippen molar-refractivity contribution in [2.45, 2.75) is 25.9 Å². The highest BCUT2D eigenvalue weighted by atomic mass is 19.1. The first-order chi connectivity index (χ1) is 12.3. The summed E-state index contributed by atoms with van der Waals surface area (Å²) in [7, 11) is 0. The van der Waals surface area contributed by atoms with Gasteiger partial charge in [0, 0.05) is 26.1 Å². The van der Waals surface area contributed by atoms with Crippen molar-refractivity contribution in [2.24, 2.45) is 0 Å². The van der Waals surface area contributed by atoms with Crippen LogP contribution in [-0.2, 0) is 11.3 Å². The molecule has 26 heavy (non-hydrogen) atoms. The van der Waals surface area contributed by atoms with E-state index in [0.717, 1.165) is 11.6 Å². The van der Waals surface area contributed by atoms with Crippen LogP contribution in [0.1, 0.15) is 30.5 Å². The van der Waals surface area contributed by atoms with Gasteiger partial charge in [0.1, 0.15) is 5.82 Å². The lowest BCUT2D eigenvalue weighted by Crippen LogP contribution is -2.28. The highest BCUT2D eigenvalue weighted by molar-refractivity contribution is 5.73. The topological polar surface area (TPSA) is 75.5 Å². The van der Waals surface area contributed by atoms with Crippen LogP contribution in [0, 0.1) is 21.7 Å². The summed E-state index contributed by atoms with van der Waals surface area (Å²) in [5.41, 5.74) is 1.21. The van der Waals surface area contributed by atoms with Gasteiger partial charge in [-0.05, 0) is 35.7 Å². The Balaban J connectivity index is 1.93. The van der Waals surface area contributed by atoms with Crippen molar-refractivity contribution in [1.29, 1.82) is 0 Å². The first-order valence-electron chi connectivity index (χ1n) is 8.09. The Morgan fingerprint density at radius 3 is 2.69 bits per heavy atom. The molecular formula is C18H17F2N3O3. The SMILES string of the molecule is CC(=O)N1CCC(Nc2ccc([N+](=O)[O-])cc2F)c2ccc(F)cc2C1. The summed E-state index contributed by atoms with van der Waals surface area (Å²) in [5.74, 6) is -1.27. The second-order valence-corrected chi connectivity index (χ2v) is 6.19. The molecule has 0 radical (unpaired) electrons. The van der Waals surface area contributed by atoms with Crippen LogP contribution in [0.4, 0.5) is 20.2 Å². The van der Waals surface area contributed by atoms with Crippen LogP contribution in [0.25, 0.3) is 0 Å². The maximum atomic E-state index is 14.2. The minimum absolute atomic E-state index is 0.118. The van der Waals surface area contributed by atoms with E-state index >= 15 is 0 Å². The van der Waals surface area contributed by atoms with Crippen molar-refractivity contribution < 1.29 is 18.5 Å². The van der Waals surface area contributed by atoms with Gasteiger partial charge in [-0.25, -0.2) is 8.78 Å². The molecular weight excluding hydrogens is 344 g/mol. The molecule has 2 aromatic carbocycles. The number of nitro benzene ring substituents is 1. The molecule has 0 saturated heterocycles. The number of nitrogens with one attached hydrogen (secondary N) is 1. The highest BCUT2D eigenvalue weighted by Gasteiger charge is 2.25. The van der Waals surface area contributed by atoms with E-state index in [1.165, 1.54) is 31.2 Å². The smallest absolute Gasteiger partial charge is 0.272 e. The number of rotatable bonds is 3. The molecule has 1 heterocycles. The standard InChI is InChI=1S/C18H17F2N3O3/c1-11(24)22-7-6-17(15-4-2-13(19)8-12(15)10-22)21-18-5-3-14(23(25)26)9-16(18)20/h2-5,8-9,17,21H,6-7,10H2,1H3. The lowest BCUT2D eigenvalue weighted by molar-refractivity contribution is -0.385. The Labute approximate surface area is 148 Å². The summed E-state index contributed by atoms with van der Waals surface area (Å²) in [6.45, 7) is 2.16. The fourth-order valence-corrected chi connectivity index (χ4v) is 3.12. The number of benzene rings is 2. The fraction of sp³-hybridized carbons (Fsp3) is 0.278. The predicted molar refractivity (Wildman–Crippen MR) is 91.5 cm³/mol. The number of hydrogen-bond donors (Lipinski definition) is 1. The number of nitro groups is 1. The Kier molecular flexibility index (Phi) is 4.83. The molecule has 8 heteroatoms. The molecule has 3 rings (SSSR count). The van der Waals surface area contributed by atoms with Gasteiger partial charge >= 0.3 is 0 Å². The number of carbonyl (C=O) groups excluding carboxylic acids is 1. The quantitative estimate of drug-likeness (QED) is 0.667. The number of fused-ring (bicyclic) bond motifs is 1. The average Bonchev–Trinajstić information content (AvgIpc) is 2.75. The van der Waals surface area contributed by atoms with Crippen LogP contribution in [0.3, 0.4) is 0 Å². The number of carbonyl (C=O) groups is 1. The highest BCUT2D eigenvalue weighted by Crippen LogP contribution is 2.32. The molecule has 0 aromatic heterocycles. The third-order valence-electron chi connectivity index (χ3n) is 4.47. The van der Waals surface area contributed by atoms with Crippen LogP contribution >= 0.6 is 0 Å². The summed E-state index contributed by atoms with van der Waals surface area (Å²) in [6.07, 6.45) is 0.495. The molecule has 1 atom stereocenters. The van der Waals surface area contributed by atoms with E-state index < -0.39 is 16.6 Å². The first-order valence-corrected chi connectivity index (χ1v) is 8.09. The molecule has 2 aromatic rings. The van der Waals surface area contributed by atoms with E-state index in [-0.39, 0.29) is 29.9 Å². The van der Waals surface area contributed by atoms with Gasteiger partial charge in [-0.2, -0.15) is 0 Å². The molecule has 0 saturated carbocycles. The second-order valence-electron chi connectivity index (χ2n) is 6.19. The minimum Gasteiger partial charge on any atom is -0.376 e. The normalized spacial score (nSPS) is 16.6. The first kappa shape index (κ1) is 17.8. The summed E-state index contributed by atoms with van der Waals surface area (Å²) in [4.78, 5) is 23.4. The molecule has 1 aliphatic heterocycles. The average molecular weight is 361 g/mol. The Bertz CT molecular complexity index is 873. The molecule has 6 nitrogen and oxygen atoms in total. The van der Waals surface area contributed by atoms with Gasteiger partial charge in [0.15, 0.2) is 5.82 Å². The Hall–Kier alpha value is -3.03. The van der Waals surface area contributed by atoms with Crippen LogP contribution in [0.15, 0.2) is 36.4 Å². The molecule has 1 unspecified atom stereocenters. The van der Waals surface area contributed by atoms with Crippen molar-refractivity contribution in [3.05, 3.63) is 69.3 Å². The summed E-state index contributed by atoms with van der Waals surface area (Å²) in [6, 6.07) is 7.34. The molecule has 1 aliphatic rings. The van der Waals surface area contributed by atoms with E-state index in [0.29, 0.717) is 18.5 Å². The van der Waals surface area contributed by atoms with E-state index in [9.17, 15) is 23.7 Å². The molecule has 1 N–H and O–H groups in total. The van der Waals surface area contributed by atoms with Gasteiger partial charge in [-0.3, -0.25) is 14.9 Å². The van der Waals surface area contributed by atoms with Crippen molar-refractivity contribution >= 4 is 17.3 Å². The number of amides is 1. The van der Waals surface area contributed by atoms with Gasteiger partial charge < -0.3 is 10.2 Å². The zero-order valence-corrected chi connectivity index (χ0v) is 14.0. The maximum absolute atomic E-state index is 14.2. The molecule has 0 aliphatic carbocycles. The fourth-order valence-electron chi connectivity index (χ4n) is 3.12. The molecule has 1 amide bonds. The molecule has 0 spiro atoms. The van der Waals surface area contributed by atoms with Crippen molar-refractivity contribution in [3.63, 3.8) is 0 Å². The molecule has 0 fully saturated rings. The predicted octanol–water partition coefficient (Wildman–Crippen LogP) is 3.78. The zero-order chi connectivity index (χ0) is 18.8. The summed E-state index contributed by atoms with van der Waals surface area (Å²) < 4.78 is 27.9. The monoisotopic (exact) mass is 361 g/mol. The van der Waals surface area contributed by atoms with Gasteiger partial charge in [-0.1, -0.05) is 6.07 Å². The summed E-state index contributed by atoms with van der Waals surface area (Å²) >= 11 is 0. The van der Waals surface area contributed by atoms with Crippen molar-refractivity contribution in [1.82, 2.24) is 4.90 Å². The van der Waals surface area contributed by atoms with Gasteiger partial charge in [0.2, 0.25) is 5.91 Å². The van der Waals surface area contributed by atoms with Crippen LogP contribution in [0.5, 0.6) is 0 Å². The molecule has 136 valence electrons. The Morgan fingerprint density at radius 2 is 2.04 bits per heavy atom. The summed E-state index contributed by atoms with van der Waals surface area (Å²) in [5, 5.41) is 13.8. The third-order valence-corrected chi connectivity index (χ3v) is 4.47. The maximum Gasteiger partial charge on any atom is 0.272 e.